The Labute approximate surface area is 103 Å². The average Bonchev–Trinajstić information content (AvgIpc) is 3.04. The molecule has 0 radical (unpaired) electrons. The van der Waals surface area contributed by atoms with Crippen LogP contribution in [0.2, 0.25) is 0 Å². The number of rotatable bonds is 5. The molecule has 0 spiro atoms. The van der Waals surface area contributed by atoms with Gasteiger partial charge in [-0.15, -0.1) is 0 Å². The third-order valence-electron chi connectivity index (χ3n) is 2.39. The molecule has 7 heteroatoms. The van der Waals surface area contributed by atoms with Crippen molar-refractivity contribution in [3.63, 3.8) is 0 Å². The molecule has 0 saturated heterocycles. The van der Waals surface area contributed by atoms with E-state index in [1.807, 2.05) is 0 Å². The van der Waals surface area contributed by atoms with Gasteiger partial charge < -0.3 is 8.94 Å². The molecular weight excluding hydrogens is 238 g/mol. The van der Waals surface area contributed by atoms with Crippen LogP contribution in [0.3, 0.4) is 0 Å². The van der Waals surface area contributed by atoms with E-state index in [0.29, 0.717) is 23.9 Å². The molecule has 0 fully saturated rings. The van der Waals surface area contributed by atoms with Crippen molar-refractivity contribution in [2.24, 2.45) is 0 Å². The molecule has 0 saturated carbocycles. The first-order valence-corrected chi connectivity index (χ1v) is 5.38. The van der Waals surface area contributed by atoms with Crippen molar-refractivity contribution >= 4 is 5.91 Å². The molecule has 2 rings (SSSR count). The van der Waals surface area contributed by atoms with Gasteiger partial charge in [-0.1, -0.05) is 5.16 Å². The molecule has 0 aliphatic heterocycles. The lowest BCUT2D eigenvalue weighted by Gasteiger charge is -2.12. The first kappa shape index (κ1) is 12.3. The summed E-state index contributed by atoms with van der Waals surface area (Å²) in [6, 6.07) is 3.47. The average molecular weight is 251 g/mol. The van der Waals surface area contributed by atoms with E-state index in [4.69, 9.17) is 13.8 Å². The van der Waals surface area contributed by atoms with Crippen LogP contribution in [0.25, 0.3) is 11.6 Å². The van der Waals surface area contributed by atoms with Crippen molar-refractivity contribution in [3.8, 4) is 11.6 Å². The maximum atomic E-state index is 11.5. The fourth-order valence-electron chi connectivity index (χ4n) is 1.34. The highest BCUT2D eigenvalue weighted by molar-refractivity contribution is 5.74. The first-order chi connectivity index (χ1) is 8.70. The third kappa shape index (κ3) is 2.75. The van der Waals surface area contributed by atoms with Gasteiger partial charge in [-0.25, -0.2) is 5.06 Å². The molecule has 0 aliphatic rings. The fourth-order valence-corrected chi connectivity index (χ4v) is 1.34. The summed E-state index contributed by atoms with van der Waals surface area (Å²) in [7, 11) is 2.98. The van der Waals surface area contributed by atoms with Crippen LogP contribution in [0, 0.1) is 0 Å². The van der Waals surface area contributed by atoms with E-state index in [1.54, 1.807) is 19.2 Å². The maximum absolute atomic E-state index is 11.5. The topological polar surface area (TPSA) is 81.6 Å². The van der Waals surface area contributed by atoms with Gasteiger partial charge in [-0.05, 0) is 12.1 Å². The van der Waals surface area contributed by atoms with Crippen LogP contribution in [-0.2, 0) is 16.1 Å². The number of hydrogen-bond donors (Lipinski definition) is 0. The third-order valence-corrected chi connectivity index (χ3v) is 2.39. The minimum atomic E-state index is -0.157. The minimum absolute atomic E-state index is 0.157. The van der Waals surface area contributed by atoms with Crippen LogP contribution in [0.4, 0.5) is 0 Å². The minimum Gasteiger partial charge on any atom is -0.461 e. The smallest absolute Gasteiger partial charge is 0.246 e. The molecule has 2 aromatic rings. The fraction of sp³-hybridized carbons (Fsp3) is 0.364. The summed E-state index contributed by atoms with van der Waals surface area (Å²) >= 11 is 0. The molecular formula is C11H13N3O4. The number of aryl methyl sites for hydroxylation is 1. The zero-order valence-corrected chi connectivity index (χ0v) is 10.1. The quantitative estimate of drug-likeness (QED) is 0.744. The number of amides is 1. The Morgan fingerprint density at radius 2 is 2.39 bits per heavy atom. The molecule has 96 valence electrons. The second kappa shape index (κ2) is 5.46. The summed E-state index contributed by atoms with van der Waals surface area (Å²) in [6.07, 6.45) is 2.13. The molecule has 0 unspecified atom stereocenters. The monoisotopic (exact) mass is 251 g/mol. The Morgan fingerprint density at radius 3 is 3.06 bits per heavy atom. The molecule has 7 nitrogen and oxygen atoms in total. The van der Waals surface area contributed by atoms with Gasteiger partial charge in [-0.2, -0.15) is 4.98 Å². The summed E-state index contributed by atoms with van der Waals surface area (Å²) in [5.74, 6) is 1.14. The SMILES string of the molecule is CON(C)C(=O)CCc1nc(-c2ccco2)no1. The van der Waals surface area contributed by atoms with E-state index in [0.717, 1.165) is 5.06 Å². The lowest BCUT2D eigenvalue weighted by atomic mass is 10.3. The predicted molar refractivity (Wildman–Crippen MR) is 60.1 cm³/mol. The number of carbonyl (C=O) groups excluding carboxylic acids is 1. The lowest BCUT2D eigenvalue weighted by molar-refractivity contribution is -0.168. The van der Waals surface area contributed by atoms with E-state index >= 15 is 0 Å². The van der Waals surface area contributed by atoms with Crippen molar-refractivity contribution < 1.29 is 18.6 Å². The summed E-state index contributed by atoms with van der Waals surface area (Å²) in [5, 5.41) is 4.92. The zero-order chi connectivity index (χ0) is 13.0. The highest BCUT2D eigenvalue weighted by atomic mass is 16.7. The van der Waals surface area contributed by atoms with E-state index < -0.39 is 0 Å². The van der Waals surface area contributed by atoms with Gasteiger partial charge in [0.25, 0.3) is 0 Å². The summed E-state index contributed by atoms with van der Waals surface area (Å²) in [5.41, 5.74) is 0. The van der Waals surface area contributed by atoms with Crippen LogP contribution in [0.5, 0.6) is 0 Å². The Bertz CT molecular complexity index is 506. The van der Waals surface area contributed by atoms with Gasteiger partial charge in [0.1, 0.15) is 0 Å². The Morgan fingerprint density at radius 1 is 1.56 bits per heavy atom. The Kier molecular flexibility index (Phi) is 3.73. The van der Waals surface area contributed by atoms with E-state index in [1.165, 1.54) is 13.4 Å². The maximum Gasteiger partial charge on any atom is 0.246 e. The van der Waals surface area contributed by atoms with Crippen molar-refractivity contribution in [1.82, 2.24) is 15.2 Å². The largest absolute Gasteiger partial charge is 0.461 e. The van der Waals surface area contributed by atoms with E-state index in [9.17, 15) is 4.79 Å². The molecule has 18 heavy (non-hydrogen) atoms. The van der Waals surface area contributed by atoms with Crippen LogP contribution in [-0.4, -0.2) is 35.3 Å². The number of carbonyl (C=O) groups is 1. The van der Waals surface area contributed by atoms with Crippen molar-refractivity contribution in [2.45, 2.75) is 12.8 Å². The van der Waals surface area contributed by atoms with Crippen molar-refractivity contribution in [1.29, 1.82) is 0 Å². The Balaban J connectivity index is 1.93. The summed E-state index contributed by atoms with van der Waals surface area (Å²) < 4.78 is 10.2. The molecule has 2 aromatic heterocycles. The van der Waals surface area contributed by atoms with E-state index in [-0.39, 0.29) is 12.3 Å². The van der Waals surface area contributed by atoms with Crippen LogP contribution < -0.4 is 0 Å². The van der Waals surface area contributed by atoms with Gasteiger partial charge in [0.05, 0.1) is 13.4 Å². The molecule has 1 amide bonds. The van der Waals surface area contributed by atoms with Gasteiger partial charge >= 0.3 is 0 Å². The van der Waals surface area contributed by atoms with Gasteiger partial charge in [0.15, 0.2) is 5.76 Å². The number of hydrogen-bond acceptors (Lipinski definition) is 6. The molecule has 0 aliphatic carbocycles. The highest BCUT2D eigenvalue weighted by Gasteiger charge is 2.13. The number of nitrogens with zero attached hydrogens (tertiary/aromatic N) is 3. The molecule has 0 bridgehead atoms. The second-order valence-corrected chi connectivity index (χ2v) is 3.56. The number of aromatic nitrogens is 2. The van der Waals surface area contributed by atoms with Crippen molar-refractivity contribution in [3.05, 3.63) is 24.3 Å². The lowest BCUT2D eigenvalue weighted by Crippen LogP contribution is -2.25. The Hall–Kier alpha value is -2.15. The molecule has 0 N–H and O–H groups in total. The molecule has 0 atom stereocenters. The summed E-state index contributed by atoms with van der Waals surface area (Å²) in [6.45, 7) is 0. The molecule has 2 heterocycles. The van der Waals surface area contributed by atoms with Crippen LogP contribution in [0.15, 0.2) is 27.3 Å². The zero-order valence-electron chi connectivity index (χ0n) is 10.1. The normalized spacial score (nSPS) is 10.6. The second-order valence-electron chi connectivity index (χ2n) is 3.56. The standard InChI is InChI=1S/C11H13N3O4/c1-14(16-2)10(15)6-5-9-12-11(13-18-9)8-4-3-7-17-8/h3-4,7H,5-6H2,1-2H3. The van der Waals surface area contributed by atoms with Gasteiger partial charge in [0, 0.05) is 19.9 Å². The number of furan rings is 1. The van der Waals surface area contributed by atoms with Crippen molar-refractivity contribution in [2.75, 3.05) is 14.2 Å². The van der Waals surface area contributed by atoms with E-state index in [2.05, 4.69) is 10.1 Å². The van der Waals surface area contributed by atoms with Gasteiger partial charge in [-0.3, -0.25) is 9.63 Å². The van der Waals surface area contributed by atoms with Crippen LogP contribution in [0.1, 0.15) is 12.3 Å². The number of hydroxylamine groups is 2. The first-order valence-electron chi connectivity index (χ1n) is 5.38. The van der Waals surface area contributed by atoms with Crippen LogP contribution >= 0.6 is 0 Å². The predicted octanol–water partition coefficient (Wildman–Crippen LogP) is 1.28. The van der Waals surface area contributed by atoms with Gasteiger partial charge in [0.2, 0.25) is 17.6 Å². The molecule has 0 aromatic carbocycles. The highest BCUT2D eigenvalue weighted by Crippen LogP contribution is 2.16. The summed E-state index contributed by atoms with van der Waals surface area (Å²) in [4.78, 5) is 20.4.